The third kappa shape index (κ3) is 3.02. The average Bonchev–Trinajstić information content (AvgIpc) is 2.82. The first-order chi connectivity index (χ1) is 9.63. The highest BCUT2D eigenvalue weighted by Gasteiger charge is 2.16. The molecular formula is C12H15N5O3. The zero-order chi connectivity index (χ0) is 14.5. The molecule has 2 aromatic rings. The Morgan fingerprint density at radius 2 is 2.10 bits per heavy atom. The van der Waals surface area contributed by atoms with E-state index in [9.17, 15) is 4.79 Å². The van der Waals surface area contributed by atoms with Crippen LogP contribution in [0.5, 0.6) is 11.9 Å². The lowest BCUT2D eigenvalue weighted by Gasteiger charge is -2.05. The summed E-state index contributed by atoms with van der Waals surface area (Å²) in [7, 11) is 3.17. The maximum atomic E-state index is 12.1. The quantitative estimate of drug-likeness (QED) is 0.872. The van der Waals surface area contributed by atoms with Crippen LogP contribution >= 0.6 is 0 Å². The van der Waals surface area contributed by atoms with E-state index in [4.69, 9.17) is 9.47 Å². The number of aryl methyl sites for hydroxylation is 1. The highest BCUT2D eigenvalue weighted by Crippen LogP contribution is 2.17. The number of nitrogens with one attached hydrogen (secondary N) is 1. The Labute approximate surface area is 115 Å². The number of carbonyl (C=O) groups is 1. The number of amides is 1. The van der Waals surface area contributed by atoms with E-state index in [-0.39, 0.29) is 17.8 Å². The number of hydrogen-bond donors (Lipinski definition) is 1. The smallest absolute Gasteiger partial charge is 0.316 e. The van der Waals surface area contributed by atoms with Gasteiger partial charge in [0.15, 0.2) is 0 Å². The third-order valence-electron chi connectivity index (χ3n) is 2.39. The predicted octanol–water partition coefficient (Wildman–Crippen LogP) is 0.870. The first kappa shape index (κ1) is 13.8. The third-order valence-corrected chi connectivity index (χ3v) is 2.39. The second kappa shape index (κ2) is 6.00. The summed E-state index contributed by atoms with van der Waals surface area (Å²) in [5.41, 5.74) is 0.799. The Balaban J connectivity index is 2.10. The van der Waals surface area contributed by atoms with E-state index in [0.717, 1.165) is 0 Å². The Morgan fingerprint density at radius 1 is 1.40 bits per heavy atom. The molecule has 0 radical (unpaired) electrons. The summed E-state index contributed by atoms with van der Waals surface area (Å²) in [6.45, 7) is 2.33. The lowest BCUT2D eigenvalue weighted by molar-refractivity contribution is 0.102. The monoisotopic (exact) mass is 277 g/mol. The molecule has 0 saturated carbocycles. The van der Waals surface area contributed by atoms with Gasteiger partial charge in [0.1, 0.15) is 5.56 Å². The Morgan fingerprint density at radius 3 is 2.70 bits per heavy atom. The summed E-state index contributed by atoms with van der Waals surface area (Å²) in [4.78, 5) is 20.0. The molecule has 0 aliphatic rings. The van der Waals surface area contributed by atoms with E-state index in [2.05, 4.69) is 20.4 Å². The molecular weight excluding hydrogens is 262 g/mol. The second-order valence-electron chi connectivity index (χ2n) is 3.87. The molecule has 0 aromatic carbocycles. The first-order valence-electron chi connectivity index (χ1n) is 5.98. The van der Waals surface area contributed by atoms with Crippen LogP contribution in [-0.2, 0) is 7.05 Å². The second-order valence-corrected chi connectivity index (χ2v) is 3.87. The SMILES string of the molecule is CCOc1ncc(NC(=O)c2cn(C)nc2OC)cn1. The van der Waals surface area contributed by atoms with E-state index in [1.165, 1.54) is 24.2 Å². The molecule has 0 bridgehead atoms. The molecule has 0 spiro atoms. The van der Waals surface area contributed by atoms with Crippen molar-refractivity contribution in [1.29, 1.82) is 0 Å². The Bertz CT molecular complexity index is 594. The molecule has 0 fully saturated rings. The summed E-state index contributed by atoms with van der Waals surface area (Å²) in [6.07, 6.45) is 4.51. The topological polar surface area (TPSA) is 91.2 Å². The number of anilines is 1. The van der Waals surface area contributed by atoms with Gasteiger partial charge < -0.3 is 14.8 Å². The minimum absolute atomic E-state index is 0.261. The van der Waals surface area contributed by atoms with Crippen LogP contribution in [0.3, 0.4) is 0 Å². The molecule has 0 atom stereocenters. The van der Waals surface area contributed by atoms with Crippen molar-refractivity contribution < 1.29 is 14.3 Å². The van der Waals surface area contributed by atoms with Gasteiger partial charge in [-0.2, -0.15) is 0 Å². The molecule has 0 aliphatic heterocycles. The van der Waals surface area contributed by atoms with Crippen LogP contribution in [0.4, 0.5) is 5.69 Å². The van der Waals surface area contributed by atoms with Crippen LogP contribution in [0.2, 0.25) is 0 Å². The number of rotatable bonds is 5. The molecule has 1 N–H and O–H groups in total. The van der Waals surface area contributed by atoms with Crippen LogP contribution in [0.25, 0.3) is 0 Å². The highest BCUT2D eigenvalue weighted by molar-refractivity contribution is 6.05. The van der Waals surface area contributed by atoms with Gasteiger partial charge in [-0.05, 0) is 6.92 Å². The number of carbonyl (C=O) groups excluding carboxylic acids is 1. The molecule has 2 heterocycles. The highest BCUT2D eigenvalue weighted by atomic mass is 16.5. The van der Waals surface area contributed by atoms with E-state index in [0.29, 0.717) is 17.9 Å². The lowest BCUT2D eigenvalue weighted by atomic mass is 10.3. The van der Waals surface area contributed by atoms with Crippen LogP contribution in [0.1, 0.15) is 17.3 Å². The zero-order valence-electron chi connectivity index (χ0n) is 11.5. The molecule has 106 valence electrons. The number of aromatic nitrogens is 4. The maximum absolute atomic E-state index is 12.1. The van der Waals surface area contributed by atoms with Crippen LogP contribution in [-0.4, -0.2) is 39.4 Å². The Hall–Kier alpha value is -2.64. The minimum Gasteiger partial charge on any atom is -0.479 e. The first-order valence-corrected chi connectivity index (χ1v) is 5.98. The van der Waals surface area contributed by atoms with Crippen LogP contribution < -0.4 is 14.8 Å². The van der Waals surface area contributed by atoms with Gasteiger partial charge in [-0.3, -0.25) is 9.48 Å². The van der Waals surface area contributed by atoms with Gasteiger partial charge in [-0.15, -0.1) is 5.10 Å². The molecule has 20 heavy (non-hydrogen) atoms. The number of methoxy groups -OCH3 is 1. The van der Waals surface area contributed by atoms with Gasteiger partial charge in [0.05, 0.1) is 31.8 Å². The van der Waals surface area contributed by atoms with Crippen molar-refractivity contribution in [3.05, 3.63) is 24.2 Å². The number of ether oxygens (including phenoxy) is 2. The summed E-state index contributed by atoms with van der Waals surface area (Å²) in [6, 6.07) is 0.268. The largest absolute Gasteiger partial charge is 0.479 e. The van der Waals surface area contributed by atoms with Crippen molar-refractivity contribution in [3.8, 4) is 11.9 Å². The van der Waals surface area contributed by atoms with E-state index >= 15 is 0 Å². The molecule has 8 nitrogen and oxygen atoms in total. The van der Waals surface area contributed by atoms with Crippen molar-refractivity contribution in [2.75, 3.05) is 19.0 Å². The lowest BCUT2D eigenvalue weighted by Crippen LogP contribution is -2.13. The molecule has 0 saturated heterocycles. The van der Waals surface area contributed by atoms with Gasteiger partial charge in [0, 0.05) is 13.2 Å². The normalized spacial score (nSPS) is 10.2. The fraction of sp³-hybridized carbons (Fsp3) is 0.333. The number of hydrogen-bond acceptors (Lipinski definition) is 6. The van der Waals surface area contributed by atoms with Crippen molar-refractivity contribution in [3.63, 3.8) is 0 Å². The van der Waals surface area contributed by atoms with E-state index < -0.39 is 0 Å². The molecule has 8 heteroatoms. The van der Waals surface area contributed by atoms with Crippen molar-refractivity contribution in [2.45, 2.75) is 6.92 Å². The molecule has 1 amide bonds. The van der Waals surface area contributed by atoms with Gasteiger partial charge in [-0.25, -0.2) is 9.97 Å². The average molecular weight is 277 g/mol. The van der Waals surface area contributed by atoms with Gasteiger partial charge in [0.25, 0.3) is 5.91 Å². The predicted molar refractivity (Wildman–Crippen MR) is 70.9 cm³/mol. The van der Waals surface area contributed by atoms with Gasteiger partial charge >= 0.3 is 6.01 Å². The zero-order valence-corrected chi connectivity index (χ0v) is 11.5. The van der Waals surface area contributed by atoms with Crippen molar-refractivity contribution in [1.82, 2.24) is 19.7 Å². The van der Waals surface area contributed by atoms with Crippen LogP contribution in [0, 0.1) is 0 Å². The van der Waals surface area contributed by atoms with Gasteiger partial charge in [0.2, 0.25) is 5.88 Å². The minimum atomic E-state index is -0.345. The summed E-state index contributed by atoms with van der Waals surface area (Å²) >= 11 is 0. The summed E-state index contributed by atoms with van der Waals surface area (Å²) in [5, 5.41) is 6.68. The fourth-order valence-corrected chi connectivity index (χ4v) is 1.56. The van der Waals surface area contributed by atoms with E-state index in [1.807, 2.05) is 6.92 Å². The molecule has 0 unspecified atom stereocenters. The molecule has 2 aromatic heterocycles. The molecule has 2 rings (SSSR count). The van der Waals surface area contributed by atoms with Crippen molar-refractivity contribution >= 4 is 11.6 Å². The van der Waals surface area contributed by atoms with E-state index in [1.54, 1.807) is 13.2 Å². The van der Waals surface area contributed by atoms with Gasteiger partial charge in [-0.1, -0.05) is 0 Å². The Kier molecular flexibility index (Phi) is 4.14. The van der Waals surface area contributed by atoms with Crippen molar-refractivity contribution in [2.24, 2.45) is 7.05 Å². The summed E-state index contributed by atoms with van der Waals surface area (Å²) < 4.78 is 11.7. The summed E-state index contributed by atoms with van der Waals surface area (Å²) in [5.74, 6) is -0.0837. The number of nitrogens with zero attached hydrogens (tertiary/aromatic N) is 4. The maximum Gasteiger partial charge on any atom is 0.316 e. The van der Waals surface area contributed by atoms with Crippen LogP contribution in [0.15, 0.2) is 18.6 Å². The molecule has 0 aliphatic carbocycles. The standard InChI is InChI=1S/C12H15N5O3/c1-4-20-12-13-5-8(6-14-12)15-10(18)9-7-17(2)16-11(9)19-3/h5-7H,4H2,1-3H3,(H,15,18). The fourth-order valence-electron chi connectivity index (χ4n) is 1.56.